The largest absolute Gasteiger partial charge is 0.416 e. The van der Waals surface area contributed by atoms with Gasteiger partial charge in [-0.05, 0) is 45.4 Å². The summed E-state index contributed by atoms with van der Waals surface area (Å²) >= 11 is 0. The molecule has 9 nitrogen and oxygen atoms in total. The summed E-state index contributed by atoms with van der Waals surface area (Å²) in [5, 5.41) is 9.76. The van der Waals surface area contributed by atoms with E-state index in [0.29, 0.717) is 30.9 Å². The SMILES string of the molecule is CCn1cc(Nc2nccc(-c3ccc(CNC(=O)N4CCC4OC(C)(C)C)c(C(F)(F)F)c3)n2)cn1. The zero-order valence-corrected chi connectivity index (χ0v) is 21.1. The van der Waals surface area contributed by atoms with Crippen LogP contribution >= 0.6 is 0 Å². The minimum atomic E-state index is -4.62. The van der Waals surface area contributed by atoms with Crippen LogP contribution in [-0.4, -0.2) is 49.1 Å². The number of hydrogen-bond acceptors (Lipinski definition) is 6. The van der Waals surface area contributed by atoms with E-state index in [9.17, 15) is 18.0 Å². The van der Waals surface area contributed by atoms with Gasteiger partial charge in [-0.15, -0.1) is 0 Å². The molecule has 0 spiro atoms. The van der Waals surface area contributed by atoms with Crippen LogP contribution < -0.4 is 10.6 Å². The summed E-state index contributed by atoms with van der Waals surface area (Å²) in [6.07, 6.45) is 0.540. The highest BCUT2D eigenvalue weighted by Crippen LogP contribution is 2.35. The number of urea groups is 1. The number of aryl methyl sites for hydroxylation is 1. The van der Waals surface area contributed by atoms with Gasteiger partial charge in [-0.2, -0.15) is 18.3 Å². The van der Waals surface area contributed by atoms with E-state index in [0.717, 1.165) is 6.07 Å². The van der Waals surface area contributed by atoms with Crippen LogP contribution in [0.15, 0.2) is 42.9 Å². The van der Waals surface area contributed by atoms with Gasteiger partial charge in [0, 0.05) is 44.0 Å². The fourth-order valence-corrected chi connectivity index (χ4v) is 3.86. The number of nitrogens with zero attached hydrogens (tertiary/aromatic N) is 5. The van der Waals surface area contributed by atoms with Gasteiger partial charge in [0.1, 0.15) is 6.23 Å². The van der Waals surface area contributed by atoms with Gasteiger partial charge in [0.25, 0.3) is 0 Å². The molecule has 1 aromatic carbocycles. The number of amides is 2. The molecule has 0 radical (unpaired) electrons. The lowest BCUT2D eigenvalue weighted by Crippen LogP contribution is -2.57. The van der Waals surface area contributed by atoms with Crippen LogP contribution in [0.4, 0.5) is 29.6 Å². The molecule has 3 aromatic rings. The zero-order chi connectivity index (χ0) is 26.8. The molecule has 198 valence electrons. The van der Waals surface area contributed by atoms with Gasteiger partial charge < -0.3 is 15.4 Å². The molecule has 1 aliphatic heterocycles. The van der Waals surface area contributed by atoms with Crippen LogP contribution in [-0.2, 0) is 24.0 Å². The minimum Gasteiger partial charge on any atom is -0.353 e. The Morgan fingerprint density at radius 2 is 2.00 bits per heavy atom. The number of carbonyl (C=O) groups excluding carboxylic acids is 1. The van der Waals surface area contributed by atoms with Gasteiger partial charge in [0.2, 0.25) is 5.95 Å². The average molecular weight is 518 g/mol. The summed E-state index contributed by atoms with van der Waals surface area (Å²) in [7, 11) is 0. The molecular weight excluding hydrogens is 487 g/mol. The topological polar surface area (TPSA) is 97.2 Å². The van der Waals surface area contributed by atoms with E-state index >= 15 is 0 Å². The van der Waals surface area contributed by atoms with Crippen molar-refractivity contribution in [3.63, 3.8) is 0 Å². The van der Waals surface area contributed by atoms with E-state index in [-0.39, 0.29) is 29.8 Å². The van der Waals surface area contributed by atoms with E-state index in [2.05, 4.69) is 25.7 Å². The molecular formula is C25H30F3N7O2. The monoisotopic (exact) mass is 517 g/mol. The van der Waals surface area contributed by atoms with Gasteiger partial charge >= 0.3 is 12.2 Å². The van der Waals surface area contributed by atoms with Crippen molar-refractivity contribution in [1.29, 1.82) is 0 Å². The maximum atomic E-state index is 14.0. The fourth-order valence-electron chi connectivity index (χ4n) is 3.86. The number of alkyl halides is 3. The number of anilines is 2. The molecule has 2 aromatic heterocycles. The Morgan fingerprint density at radius 3 is 2.62 bits per heavy atom. The first kappa shape index (κ1) is 26.4. The van der Waals surface area contributed by atoms with Crippen molar-refractivity contribution in [1.82, 2.24) is 30.0 Å². The highest BCUT2D eigenvalue weighted by atomic mass is 19.4. The minimum absolute atomic E-state index is 0.0437. The highest BCUT2D eigenvalue weighted by Gasteiger charge is 2.37. The van der Waals surface area contributed by atoms with Crippen molar-refractivity contribution < 1.29 is 22.7 Å². The van der Waals surface area contributed by atoms with E-state index in [1.54, 1.807) is 23.1 Å². The summed E-state index contributed by atoms with van der Waals surface area (Å²) < 4.78 is 49.4. The lowest BCUT2D eigenvalue weighted by atomic mass is 10.0. The van der Waals surface area contributed by atoms with Crippen molar-refractivity contribution in [2.45, 2.75) is 65.2 Å². The van der Waals surface area contributed by atoms with Gasteiger partial charge in [-0.25, -0.2) is 14.8 Å². The van der Waals surface area contributed by atoms with Gasteiger partial charge in [0.05, 0.1) is 28.7 Å². The van der Waals surface area contributed by atoms with E-state index in [4.69, 9.17) is 4.74 Å². The van der Waals surface area contributed by atoms with Crippen LogP contribution in [0.2, 0.25) is 0 Å². The predicted molar refractivity (Wildman–Crippen MR) is 132 cm³/mol. The summed E-state index contributed by atoms with van der Waals surface area (Å²) in [4.78, 5) is 22.6. The van der Waals surface area contributed by atoms with Crippen molar-refractivity contribution in [3.8, 4) is 11.3 Å². The molecule has 0 saturated carbocycles. The van der Waals surface area contributed by atoms with Crippen molar-refractivity contribution in [2.24, 2.45) is 0 Å². The third-order valence-electron chi connectivity index (χ3n) is 5.73. The molecule has 4 rings (SSSR count). The molecule has 3 heterocycles. The Morgan fingerprint density at radius 1 is 1.22 bits per heavy atom. The highest BCUT2D eigenvalue weighted by molar-refractivity contribution is 5.75. The lowest BCUT2D eigenvalue weighted by molar-refractivity contribution is -0.159. The number of halogens is 3. The Kier molecular flexibility index (Phi) is 7.39. The van der Waals surface area contributed by atoms with Crippen molar-refractivity contribution >= 4 is 17.7 Å². The maximum absolute atomic E-state index is 14.0. The van der Waals surface area contributed by atoms with Crippen LogP contribution in [0.1, 0.15) is 45.2 Å². The molecule has 2 N–H and O–H groups in total. The van der Waals surface area contributed by atoms with Crippen molar-refractivity contribution in [2.75, 3.05) is 11.9 Å². The molecule has 1 fully saturated rings. The zero-order valence-electron chi connectivity index (χ0n) is 21.1. The summed E-state index contributed by atoms with van der Waals surface area (Å²) in [6, 6.07) is 5.02. The van der Waals surface area contributed by atoms with Crippen LogP contribution in [0.25, 0.3) is 11.3 Å². The molecule has 0 bridgehead atoms. The van der Waals surface area contributed by atoms with Gasteiger partial charge in [0.15, 0.2) is 0 Å². The second-order valence-electron chi connectivity index (χ2n) is 9.67. The number of benzene rings is 1. The first-order chi connectivity index (χ1) is 17.4. The molecule has 0 aliphatic carbocycles. The maximum Gasteiger partial charge on any atom is 0.416 e. The number of rotatable bonds is 7. The van der Waals surface area contributed by atoms with Gasteiger partial charge in [-0.3, -0.25) is 9.58 Å². The van der Waals surface area contributed by atoms with E-state index in [1.165, 1.54) is 23.2 Å². The third kappa shape index (κ3) is 6.56. The van der Waals surface area contributed by atoms with Crippen LogP contribution in [0.3, 0.4) is 0 Å². The number of ether oxygens (including phenoxy) is 1. The Bertz CT molecular complexity index is 1250. The summed E-state index contributed by atoms with van der Waals surface area (Å²) in [6.45, 7) is 8.51. The molecule has 37 heavy (non-hydrogen) atoms. The number of hydrogen-bond donors (Lipinski definition) is 2. The first-order valence-electron chi connectivity index (χ1n) is 12.0. The summed E-state index contributed by atoms with van der Waals surface area (Å²) in [5.41, 5.74) is -0.0517. The standard InChI is InChI=1S/C25H30F3N7O2/c1-5-34-15-18(14-31-34)32-22-29-10-8-20(33-22)16-6-7-17(19(12-16)25(26,27)28)13-30-23(36)35-11-9-21(35)37-24(2,3)4/h6-8,10,12,14-15,21H,5,9,11,13H2,1-4H3,(H,30,36)(H,29,32,33). The first-order valence-corrected chi connectivity index (χ1v) is 12.0. The van der Waals surface area contributed by atoms with Crippen LogP contribution in [0.5, 0.6) is 0 Å². The Labute approximate surface area is 213 Å². The lowest BCUT2D eigenvalue weighted by Gasteiger charge is -2.43. The molecule has 1 aliphatic rings. The molecule has 1 atom stereocenters. The fraction of sp³-hybridized carbons (Fsp3) is 0.440. The average Bonchev–Trinajstić information content (AvgIpc) is 3.27. The Hall–Kier alpha value is -3.67. The quantitative estimate of drug-likeness (QED) is 0.448. The molecule has 12 heteroatoms. The van der Waals surface area contributed by atoms with E-state index in [1.807, 2.05) is 27.7 Å². The third-order valence-corrected chi connectivity index (χ3v) is 5.73. The van der Waals surface area contributed by atoms with Crippen molar-refractivity contribution in [3.05, 3.63) is 54.0 Å². The molecule has 1 unspecified atom stereocenters. The number of carbonyl (C=O) groups is 1. The number of aromatic nitrogens is 4. The number of likely N-dealkylation sites (tertiary alicyclic amines) is 1. The smallest absolute Gasteiger partial charge is 0.353 e. The second kappa shape index (κ2) is 10.4. The van der Waals surface area contributed by atoms with Crippen LogP contribution in [0, 0.1) is 0 Å². The predicted octanol–water partition coefficient (Wildman–Crippen LogP) is 5.18. The summed E-state index contributed by atoms with van der Waals surface area (Å²) in [5.74, 6) is 0.236. The van der Waals surface area contributed by atoms with Gasteiger partial charge in [-0.1, -0.05) is 12.1 Å². The Balaban J connectivity index is 1.49. The normalized spacial score (nSPS) is 15.9. The van der Waals surface area contributed by atoms with E-state index < -0.39 is 23.4 Å². The molecule has 1 saturated heterocycles. The number of nitrogens with one attached hydrogen (secondary N) is 2. The molecule has 2 amide bonds. The second-order valence-corrected chi connectivity index (χ2v) is 9.67.